The van der Waals surface area contributed by atoms with E-state index in [9.17, 15) is 9.90 Å². The maximum absolute atomic E-state index is 12.2. The van der Waals surface area contributed by atoms with Crippen LogP contribution in [-0.4, -0.2) is 47.8 Å². The number of piperidine rings is 1. The van der Waals surface area contributed by atoms with Gasteiger partial charge in [-0.15, -0.1) is 0 Å². The van der Waals surface area contributed by atoms with Gasteiger partial charge in [0.15, 0.2) is 0 Å². The number of fused-ring (bicyclic) bond motifs is 2. The summed E-state index contributed by atoms with van der Waals surface area (Å²) in [5.41, 5.74) is 0. The number of carbonyl (C=O) groups excluding carboxylic acids is 1. The summed E-state index contributed by atoms with van der Waals surface area (Å²) in [7, 11) is 0. The fraction of sp³-hybridized carbons (Fsp3) is 0.933. The minimum absolute atomic E-state index is 0.179. The molecule has 1 saturated carbocycles. The number of carbonyl (C=O) groups is 1. The SMILES string of the molecule is CC(C)OCCCC(=O)N1CC2CCCC(C1)C2O. The zero-order chi connectivity index (χ0) is 13.8. The molecular formula is C15H27NO3. The van der Waals surface area contributed by atoms with Crippen LogP contribution in [0, 0.1) is 11.8 Å². The molecule has 2 atom stereocenters. The highest BCUT2D eigenvalue weighted by Gasteiger charge is 2.39. The van der Waals surface area contributed by atoms with Crippen LogP contribution < -0.4 is 0 Å². The molecule has 0 spiro atoms. The Balaban J connectivity index is 1.74. The molecule has 2 rings (SSSR count). The summed E-state index contributed by atoms with van der Waals surface area (Å²) in [6.45, 7) is 6.18. The van der Waals surface area contributed by atoms with Crippen molar-refractivity contribution < 1.29 is 14.6 Å². The smallest absolute Gasteiger partial charge is 0.222 e. The van der Waals surface area contributed by atoms with Crippen molar-refractivity contribution in [1.82, 2.24) is 4.90 Å². The van der Waals surface area contributed by atoms with Crippen LogP contribution in [0.15, 0.2) is 0 Å². The van der Waals surface area contributed by atoms with Gasteiger partial charge in [-0.05, 0) is 33.1 Å². The lowest BCUT2D eigenvalue weighted by Crippen LogP contribution is -2.53. The summed E-state index contributed by atoms with van der Waals surface area (Å²) in [4.78, 5) is 14.1. The molecule has 1 heterocycles. The van der Waals surface area contributed by atoms with Crippen LogP contribution in [0.4, 0.5) is 0 Å². The Morgan fingerprint density at radius 2 is 1.95 bits per heavy atom. The molecule has 110 valence electrons. The maximum atomic E-state index is 12.2. The van der Waals surface area contributed by atoms with Gasteiger partial charge in [-0.1, -0.05) is 6.42 Å². The standard InChI is InChI=1S/C15H27NO3/c1-11(2)19-8-4-7-14(17)16-9-12-5-3-6-13(10-16)15(12)18/h11-13,15,18H,3-10H2,1-2H3. The van der Waals surface area contributed by atoms with Gasteiger partial charge in [0.05, 0.1) is 12.2 Å². The molecule has 1 N–H and O–H groups in total. The van der Waals surface area contributed by atoms with Gasteiger partial charge < -0.3 is 14.7 Å². The third-order valence-corrected chi connectivity index (χ3v) is 4.36. The molecule has 19 heavy (non-hydrogen) atoms. The summed E-state index contributed by atoms with van der Waals surface area (Å²) in [6.07, 6.45) is 4.77. The molecular weight excluding hydrogens is 242 g/mol. The Hall–Kier alpha value is -0.610. The molecule has 2 aliphatic rings. The van der Waals surface area contributed by atoms with Gasteiger partial charge in [0.2, 0.25) is 5.91 Å². The predicted molar refractivity (Wildman–Crippen MR) is 73.7 cm³/mol. The summed E-state index contributed by atoms with van der Waals surface area (Å²) in [5.74, 6) is 0.850. The van der Waals surface area contributed by atoms with Crippen LogP contribution in [0.5, 0.6) is 0 Å². The van der Waals surface area contributed by atoms with Crippen LogP contribution in [0.2, 0.25) is 0 Å². The zero-order valence-corrected chi connectivity index (χ0v) is 12.2. The third kappa shape index (κ3) is 3.93. The zero-order valence-electron chi connectivity index (χ0n) is 12.2. The second kappa shape index (κ2) is 6.71. The Labute approximate surface area is 116 Å². The first-order valence-corrected chi connectivity index (χ1v) is 7.65. The van der Waals surface area contributed by atoms with Crippen LogP contribution >= 0.6 is 0 Å². The number of amides is 1. The van der Waals surface area contributed by atoms with Crippen molar-refractivity contribution in [2.75, 3.05) is 19.7 Å². The highest BCUT2D eigenvalue weighted by Crippen LogP contribution is 2.34. The van der Waals surface area contributed by atoms with E-state index in [0.29, 0.717) is 24.9 Å². The quantitative estimate of drug-likeness (QED) is 0.774. The van der Waals surface area contributed by atoms with E-state index >= 15 is 0 Å². The highest BCUT2D eigenvalue weighted by atomic mass is 16.5. The molecule has 1 aliphatic heterocycles. The van der Waals surface area contributed by atoms with Gasteiger partial charge in [0.1, 0.15) is 0 Å². The van der Waals surface area contributed by atoms with E-state index in [1.54, 1.807) is 0 Å². The van der Waals surface area contributed by atoms with E-state index in [1.807, 2.05) is 18.7 Å². The van der Waals surface area contributed by atoms with Crippen LogP contribution in [0.3, 0.4) is 0 Å². The lowest BCUT2D eigenvalue weighted by Gasteiger charge is -2.45. The molecule has 0 aromatic carbocycles. The second-order valence-electron chi connectivity index (χ2n) is 6.26. The molecule has 2 unspecified atom stereocenters. The molecule has 0 aromatic rings. The molecule has 2 fully saturated rings. The van der Waals surface area contributed by atoms with Crippen molar-refractivity contribution in [1.29, 1.82) is 0 Å². The first-order valence-electron chi connectivity index (χ1n) is 7.65. The molecule has 1 amide bonds. The summed E-state index contributed by atoms with van der Waals surface area (Å²) in [5, 5.41) is 10.1. The second-order valence-corrected chi connectivity index (χ2v) is 6.26. The number of hydrogen-bond acceptors (Lipinski definition) is 3. The highest BCUT2D eigenvalue weighted by molar-refractivity contribution is 5.76. The molecule has 4 heteroatoms. The largest absolute Gasteiger partial charge is 0.392 e. The van der Waals surface area contributed by atoms with Crippen molar-refractivity contribution in [2.24, 2.45) is 11.8 Å². The Morgan fingerprint density at radius 3 is 2.53 bits per heavy atom. The van der Waals surface area contributed by atoms with E-state index in [-0.39, 0.29) is 18.1 Å². The van der Waals surface area contributed by atoms with E-state index in [1.165, 1.54) is 6.42 Å². The van der Waals surface area contributed by atoms with E-state index in [0.717, 1.165) is 32.4 Å². The van der Waals surface area contributed by atoms with E-state index < -0.39 is 0 Å². The summed E-state index contributed by atoms with van der Waals surface area (Å²) >= 11 is 0. The number of hydrogen-bond donors (Lipinski definition) is 1. The van der Waals surface area contributed by atoms with Crippen molar-refractivity contribution >= 4 is 5.91 Å². The average Bonchev–Trinajstić information content (AvgIpc) is 2.33. The predicted octanol–water partition coefficient (Wildman–Crippen LogP) is 1.81. The maximum Gasteiger partial charge on any atom is 0.222 e. The number of aliphatic hydroxyl groups is 1. The lowest BCUT2D eigenvalue weighted by molar-refractivity contribution is -0.140. The molecule has 1 saturated heterocycles. The first-order chi connectivity index (χ1) is 9.08. The van der Waals surface area contributed by atoms with Gasteiger partial charge in [-0.3, -0.25) is 4.79 Å². The van der Waals surface area contributed by atoms with Crippen LogP contribution in [-0.2, 0) is 9.53 Å². The average molecular weight is 269 g/mol. The van der Waals surface area contributed by atoms with Crippen molar-refractivity contribution in [3.05, 3.63) is 0 Å². The normalized spacial score (nSPS) is 30.7. The van der Waals surface area contributed by atoms with Crippen LogP contribution in [0.25, 0.3) is 0 Å². The number of ether oxygens (including phenoxy) is 1. The van der Waals surface area contributed by atoms with Gasteiger partial charge in [0, 0.05) is 38.0 Å². The van der Waals surface area contributed by atoms with Crippen molar-refractivity contribution in [2.45, 2.75) is 58.2 Å². The van der Waals surface area contributed by atoms with E-state index in [2.05, 4.69) is 0 Å². The number of nitrogens with zero attached hydrogens (tertiary/aromatic N) is 1. The van der Waals surface area contributed by atoms with Gasteiger partial charge >= 0.3 is 0 Å². The number of aliphatic hydroxyl groups excluding tert-OH is 1. The summed E-state index contributed by atoms with van der Waals surface area (Å²) in [6, 6.07) is 0. The van der Waals surface area contributed by atoms with Crippen LogP contribution in [0.1, 0.15) is 46.0 Å². The summed E-state index contributed by atoms with van der Waals surface area (Å²) < 4.78 is 5.46. The van der Waals surface area contributed by atoms with Gasteiger partial charge in [0.25, 0.3) is 0 Å². The minimum Gasteiger partial charge on any atom is -0.392 e. The Bertz CT molecular complexity index is 292. The van der Waals surface area contributed by atoms with Crippen molar-refractivity contribution in [3.63, 3.8) is 0 Å². The molecule has 2 bridgehead atoms. The third-order valence-electron chi connectivity index (χ3n) is 4.36. The van der Waals surface area contributed by atoms with Gasteiger partial charge in [-0.25, -0.2) is 0 Å². The van der Waals surface area contributed by atoms with E-state index in [4.69, 9.17) is 4.74 Å². The molecule has 4 nitrogen and oxygen atoms in total. The fourth-order valence-electron chi connectivity index (χ4n) is 3.31. The fourth-order valence-corrected chi connectivity index (χ4v) is 3.31. The molecule has 0 aromatic heterocycles. The molecule has 0 radical (unpaired) electrons. The van der Waals surface area contributed by atoms with Gasteiger partial charge in [-0.2, -0.15) is 0 Å². The monoisotopic (exact) mass is 269 g/mol. The van der Waals surface area contributed by atoms with Crippen molar-refractivity contribution in [3.8, 4) is 0 Å². The molecule has 1 aliphatic carbocycles. The Kier molecular flexibility index (Phi) is 5.22. The number of likely N-dealkylation sites (tertiary alicyclic amines) is 1. The lowest BCUT2D eigenvalue weighted by atomic mass is 9.75. The topological polar surface area (TPSA) is 49.8 Å². The first kappa shape index (κ1) is 14.8. The number of rotatable bonds is 5. The minimum atomic E-state index is -0.179. The Morgan fingerprint density at radius 1 is 1.32 bits per heavy atom.